The third kappa shape index (κ3) is 5.63. The minimum atomic E-state index is -0.312. The molecule has 0 aliphatic heterocycles. The molecule has 0 aromatic heterocycles. The van der Waals surface area contributed by atoms with E-state index in [0.29, 0.717) is 31.6 Å². The first-order valence-electron chi connectivity index (χ1n) is 10.3. The summed E-state index contributed by atoms with van der Waals surface area (Å²) < 4.78 is 5.95. The Balaban J connectivity index is 1.83. The first kappa shape index (κ1) is 22.1. The van der Waals surface area contributed by atoms with Crippen LogP contribution in [0, 0.1) is 5.41 Å². The van der Waals surface area contributed by atoms with Crippen LogP contribution in [0.2, 0.25) is 0 Å². The van der Waals surface area contributed by atoms with Crippen molar-refractivity contribution in [1.29, 1.82) is 0 Å². The van der Waals surface area contributed by atoms with E-state index in [2.05, 4.69) is 35.5 Å². The van der Waals surface area contributed by atoms with E-state index >= 15 is 0 Å². The zero-order valence-electron chi connectivity index (χ0n) is 18.0. The van der Waals surface area contributed by atoms with E-state index in [1.807, 2.05) is 32.3 Å². The summed E-state index contributed by atoms with van der Waals surface area (Å²) in [6.45, 7) is 6.13. The zero-order chi connectivity index (χ0) is 20.6. The van der Waals surface area contributed by atoms with E-state index in [1.54, 1.807) is 11.9 Å². The van der Waals surface area contributed by atoms with Gasteiger partial charge < -0.3 is 20.3 Å². The molecule has 2 N–H and O–H groups in total. The number of ether oxygens (including phenoxy) is 1. The van der Waals surface area contributed by atoms with Gasteiger partial charge in [-0.1, -0.05) is 44.9 Å². The fourth-order valence-corrected chi connectivity index (χ4v) is 3.89. The predicted molar refractivity (Wildman–Crippen MR) is 115 cm³/mol. The standard InChI is InChI=1S/C22H36N4O2/c1-17(2)18-10-6-7-11-19(18)28-15-14-24-21(23-3)25-16-22(12-8-9-13-22)20(27)26(4)5/h6-7,10-11,17H,8-9,12-16H2,1-5H3,(H2,23,24,25). The molecule has 0 spiro atoms. The highest BCUT2D eigenvalue weighted by molar-refractivity contribution is 5.85. The SMILES string of the molecule is CN=C(NCCOc1ccccc1C(C)C)NCC1(C(=O)N(C)C)CCCC1. The van der Waals surface area contributed by atoms with Gasteiger partial charge in [-0.25, -0.2) is 0 Å². The van der Waals surface area contributed by atoms with Gasteiger partial charge in [0.05, 0.1) is 12.0 Å². The molecule has 156 valence electrons. The van der Waals surface area contributed by atoms with Gasteiger partial charge in [0.1, 0.15) is 12.4 Å². The van der Waals surface area contributed by atoms with Crippen LogP contribution in [0.25, 0.3) is 0 Å². The predicted octanol–water partition coefficient (Wildman–Crippen LogP) is 3.00. The molecule has 2 rings (SSSR count). The van der Waals surface area contributed by atoms with Crippen LogP contribution in [-0.2, 0) is 4.79 Å². The van der Waals surface area contributed by atoms with E-state index in [9.17, 15) is 4.79 Å². The van der Waals surface area contributed by atoms with Crippen LogP contribution in [0.1, 0.15) is 51.0 Å². The highest BCUT2D eigenvalue weighted by atomic mass is 16.5. The van der Waals surface area contributed by atoms with Crippen molar-refractivity contribution < 1.29 is 9.53 Å². The molecule has 0 saturated heterocycles. The highest BCUT2D eigenvalue weighted by Crippen LogP contribution is 2.38. The zero-order valence-corrected chi connectivity index (χ0v) is 18.0. The minimum Gasteiger partial charge on any atom is -0.491 e. The van der Waals surface area contributed by atoms with Gasteiger partial charge in [-0.15, -0.1) is 0 Å². The minimum absolute atomic E-state index is 0.210. The average molecular weight is 389 g/mol. The fraction of sp³-hybridized carbons (Fsp3) is 0.636. The molecule has 0 unspecified atom stereocenters. The Kier molecular flexibility index (Phi) is 8.15. The van der Waals surface area contributed by atoms with Gasteiger partial charge in [0, 0.05) is 27.7 Å². The Morgan fingerprint density at radius 2 is 1.89 bits per heavy atom. The van der Waals surface area contributed by atoms with Crippen molar-refractivity contribution in [1.82, 2.24) is 15.5 Å². The second kappa shape index (κ2) is 10.3. The first-order valence-corrected chi connectivity index (χ1v) is 10.3. The molecule has 1 amide bonds. The summed E-state index contributed by atoms with van der Waals surface area (Å²) >= 11 is 0. The molecule has 6 heteroatoms. The number of hydrogen-bond acceptors (Lipinski definition) is 3. The molecule has 1 fully saturated rings. The molecule has 1 aliphatic rings. The summed E-state index contributed by atoms with van der Waals surface area (Å²) in [5, 5.41) is 6.64. The summed E-state index contributed by atoms with van der Waals surface area (Å²) in [5.41, 5.74) is 0.906. The molecule has 0 bridgehead atoms. The number of aliphatic imine (C=N–C) groups is 1. The van der Waals surface area contributed by atoms with Crippen LogP contribution in [0.5, 0.6) is 5.75 Å². The number of carbonyl (C=O) groups excluding carboxylic acids is 1. The maximum absolute atomic E-state index is 12.7. The Labute approximate surface area is 169 Å². The highest BCUT2D eigenvalue weighted by Gasteiger charge is 2.42. The normalized spacial score (nSPS) is 16.1. The molecule has 0 atom stereocenters. The average Bonchev–Trinajstić information content (AvgIpc) is 3.17. The number of nitrogens with one attached hydrogen (secondary N) is 2. The second-order valence-electron chi connectivity index (χ2n) is 8.08. The molecule has 1 saturated carbocycles. The summed E-state index contributed by atoms with van der Waals surface area (Å²) in [6.07, 6.45) is 4.08. The van der Waals surface area contributed by atoms with E-state index in [0.717, 1.165) is 31.4 Å². The maximum Gasteiger partial charge on any atom is 0.230 e. The Hall–Kier alpha value is -2.24. The smallest absolute Gasteiger partial charge is 0.230 e. The Bertz CT molecular complexity index is 664. The van der Waals surface area contributed by atoms with Gasteiger partial charge in [0.15, 0.2) is 5.96 Å². The first-order chi connectivity index (χ1) is 13.4. The molecule has 1 aromatic rings. The largest absolute Gasteiger partial charge is 0.491 e. The number of carbonyl (C=O) groups is 1. The summed E-state index contributed by atoms with van der Waals surface area (Å²) in [6, 6.07) is 8.16. The van der Waals surface area contributed by atoms with Gasteiger partial charge in [-0.2, -0.15) is 0 Å². The topological polar surface area (TPSA) is 66.0 Å². The monoisotopic (exact) mass is 388 g/mol. The van der Waals surface area contributed by atoms with E-state index in [-0.39, 0.29) is 11.3 Å². The Morgan fingerprint density at radius 3 is 2.50 bits per heavy atom. The molecule has 0 radical (unpaired) electrons. The number of hydrogen-bond donors (Lipinski definition) is 2. The Morgan fingerprint density at radius 1 is 1.21 bits per heavy atom. The molecular weight excluding hydrogens is 352 g/mol. The van der Waals surface area contributed by atoms with Gasteiger partial charge >= 0.3 is 0 Å². The van der Waals surface area contributed by atoms with Crippen LogP contribution in [0.4, 0.5) is 0 Å². The molecular formula is C22H36N4O2. The van der Waals surface area contributed by atoms with Gasteiger partial charge in [-0.05, 0) is 30.4 Å². The van der Waals surface area contributed by atoms with Crippen LogP contribution >= 0.6 is 0 Å². The van der Waals surface area contributed by atoms with Crippen molar-refractivity contribution in [3.05, 3.63) is 29.8 Å². The number of guanidine groups is 1. The van der Waals surface area contributed by atoms with Crippen LogP contribution in [0.3, 0.4) is 0 Å². The fourth-order valence-electron chi connectivity index (χ4n) is 3.89. The lowest BCUT2D eigenvalue weighted by Crippen LogP contribution is -2.49. The van der Waals surface area contributed by atoms with Crippen molar-refractivity contribution in [2.45, 2.75) is 45.4 Å². The van der Waals surface area contributed by atoms with Crippen molar-refractivity contribution in [3.8, 4) is 5.75 Å². The molecule has 1 aliphatic carbocycles. The lowest BCUT2D eigenvalue weighted by Gasteiger charge is -2.31. The van der Waals surface area contributed by atoms with Crippen molar-refractivity contribution in [2.24, 2.45) is 10.4 Å². The van der Waals surface area contributed by atoms with Crippen molar-refractivity contribution in [2.75, 3.05) is 40.8 Å². The van der Waals surface area contributed by atoms with Crippen molar-refractivity contribution >= 4 is 11.9 Å². The molecule has 0 heterocycles. The van der Waals surface area contributed by atoms with Gasteiger partial charge in [0.2, 0.25) is 5.91 Å². The van der Waals surface area contributed by atoms with E-state index < -0.39 is 0 Å². The number of benzene rings is 1. The lowest BCUT2D eigenvalue weighted by atomic mass is 9.84. The van der Waals surface area contributed by atoms with Gasteiger partial charge in [0.25, 0.3) is 0 Å². The summed E-state index contributed by atoms with van der Waals surface area (Å²) in [5.74, 6) is 2.28. The summed E-state index contributed by atoms with van der Waals surface area (Å²) in [7, 11) is 5.42. The van der Waals surface area contributed by atoms with Crippen LogP contribution < -0.4 is 15.4 Å². The number of amides is 1. The van der Waals surface area contributed by atoms with Crippen LogP contribution in [-0.4, -0.2) is 57.6 Å². The number of nitrogens with zero attached hydrogens (tertiary/aromatic N) is 2. The number of rotatable bonds is 8. The van der Waals surface area contributed by atoms with E-state index in [1.165, 1.54) is 5.56 Å². The van der Waals surface area contributed by atoms with Crippen molar-refractivity contribution in [3.63, 3.8) is 0 Å². The maximum atomic E-state index is 12.7. The van der Waals surface area contributed by atoms with E-state index in [4.69, 9.17) is 4.74 Å². The lowest BCUT2D eigenvalue weighted by molar-refractivity contribution is -0.138. The number of para-hydroxylation sites is 1. The third-order valence-corrected chi connectivity index (χ3v) is 5.43. The summed E-state index contributed by atoms with van der Waals surface area (Å²) in [4.78, 5) is 18.7. The van der Waals surface area contributed by atoms with Gasteiger partial charge in [-0.3, -0.25) is 9.79 Å². The second-order valence-corrected chi connectivity index (χ2v) is 8.08. The quantitative estimate of drug-likeness (QED) is 0.408. The molecule has 1 aromatic carbocycles. The third-order valence-electron chi connectivity index (χ3n) is 5.43. The molecule has 28 heavy (non-hydrogen) atoms. The molecule has 6 nitrogen and oxygen atoms in total. The van der Waals surface area contributed by atoms with Crippen LogP contribution in [0.15, 0.2) is 29.3 Å².